The van der Waals surface area contributed by atoms with E-state index in [0.29, 0.717) is 12.3 Å². The van der Waals surface area contributed by atoms with Crippen LogP contribution in [0.3, 0.4) is 0 Å². The number of aryl methyl sites for hydroxylation is 1. The van der Waals surface area contributed by atoms with Crippen LogP contribution in [0.25, 0.3) is 0 Å². The number of fused-ring (bicyclic) bond motifs is 3. The fourth-order valence-corrected chi connectivity index (χ4v) is 3.00. The van der Waals surface area contributed by atoms with Crippen LogP contribution in [-0.2, 0) is 17.6 Å². The summed E-state index contributed by atoms with van der Waals surface area (Å²) in [6.07, 6.45) is 3.58. The van der Waals surface area contributed by atoms with Gasteiger partial charge in [0.05, 0.1) is 6.61 Å². The lowest BCUT2D eigenvalue weighted by Gasteiger charge is -2.12. The van der Waals surface area contributed by atoms with Crippen LogP contribution >= 0.6 is 0 Å². The van der Waals surface area contributed by atoms with E-state index in [4.69, 9.17) is 10.5 Å². The monoisotopic (exact) mass is 217 g/mol. The highest BCUT2D eigenvalue weighted by atomic mass is 16.5. The van der Waals surface area contributed by atoms with Crippen LogP contribution in [0.2, 0.25) is 0 Å². The van der Waals surface area contributed by atoms with Crippen molar-refractivity contribution in [3.63, 3.8) is 0 Å². The molecule has 0 bridgehead atoms. The summed E-state index contributed by atoms with van der Waals surface area (Å²) in [7, 11) is 0. The number of carbonyl (C=O) groups is 1. The highest BCUT2D eigenvalue weighted by molar-refractivity contribution is 5.75. The topological polar surface area (TPSA) is 52.3 Å². The summed E-state index contributed by atoms with van der Waals surface area (Å²) in [4.78, 5) is 11.1. The van der Waals surface area contributed by atoms with Crippen LogP contribution in [0, 0.1) is 0 Å². The molecule has 1 aliphatic heterocycles. The molecule has 1 unspecified atom stereocenters. The number of rotatable bonds is 2. The lowest BCUT2D eigenvalue weighted by atomic mass is 9.92. The largest absolute Gasteiger partial charge is 0.493 e. The van der Waals surface area contributed by atoms with Crippen molar-refractivity contribution < 1.29 is 9.53 Å². The predicted octanol–water partition coefficient (Wildman–Crippen LogP) is 1.53. The van der Waals surface area contributed by atoms with E-state index in [9.17, 15) is 4.79 Å². The first-order chi connectivity index (χ1) is 7.75. The SMILES string of the molecule is NC(=O)CC1CCc2ccc3c(c21)CCO3. The first kappa shape index (κ1) is 9.70. The van der Waals surface area contributed by atoms with Crippen molar-refractivity contribution in [1.82, 2.24) is 0 Å². The predicted molar refractivity (Wildman–Crippen MR) is 60.5 cm³/mol. The van der Waals surface area contributed by atoms with Gasteiger partial charge in [0.2, 0.25) is 5.91 Å². The van der Waals surface area contributed by atoms with Crippen molar-refractivity contribution in [2.24, 2.45) is 5.73 Å². The van der Waals surface area contributed by atoms with Crippen molar-refractivity contribution in [2.45, 2.75) is 31.6 Å². The van der Waals surface area contributed by atoms with Gasteiger partial charge in [0.15, 0.2) is 0 Å². The molecule has 2 N–H and O–H groups in total. The minimum absolute atomic E-state index is 0.200. The number of benzene rings is 1. The molecule has 0 spiro atoms. The van der Waals surface area contributed by atoms with E-state index in [1.165, 1.54) is 16.7 Å². The third-order valence-electron chi connectivity index (χ3n) is 3.63. The summed E-state index contributed by atoms with van der Waals surface area (Å²) in [5, 5.41) is 0. The van der Waals surface area contributed by atoms with E-state index < -0.39 is 0 Å². The average molecular weight is 217 g/mol. The van der Waals surface area contributed by atoms with Gasteiger partial charge in [-0.05, 0) is 36.0 Å². The summed E-state index contributed by atoms with van der Waals surface area (Å²) in [6, 6.07) is 4.20. The Morgan fingerprint density at radius 2 is 2.31 bits per heavy atom. The van der Waals surface area contributed by atoms with E-state index in [1.54, 1.807) is 0 Å². The Hall–Kier alpha value is -1.51. The van der Waals surface area contributed by atoms with E-state index in [0.717, 1.165) is 31.6 Å². The standard InChI is InChI=1S/C13H15NO2/c14-12(15)7-9-2-1-8-3-4-11-10(13(8)9)5-6-16-11/h3-4,9H,1-2,5-7H2,(H2,14,15). The van der Waals surface area contributed by atoms with E-state index in [-0.39, 0.29) is 5.91 Å². The molecular weight excluding hydrogens is 202 g/mol. The van der Waals surface area contributed by atoms with Gasteiger partial charge < -0.3 is 10.5 Å². The van der Waals surface area contributed by atoms with Crippen molar-refractivity contribution in [1.29, 1.82) is 0 Å². The summed E-state index contributed by atoms with van der Waals surface area (Å²) in [5.74, 6) is 1.13. The van der Waals surface area contributed by atoms with Gasteiger partial charge in [-0.1, -0.05) is 6.07 Å². The maximum atomic E-state index is 11.1. The minimum Gasteiger partial charge on any atom is -0.493 e. The van der Waals surface area contributed by atoms with E-state index in [1.807, 2.05) is 0 Å². The molecule has 0 fully saturated rings. The molecule has 1 atom stereocenters. The fraction of sp³-hybridized carbons (Fsp3) is 0.462. The van der Waals surface area contributed by atoms with Crippen LogP contribution in [0.5, 0.6) is 5.75 Å². The summed E-state index contributed by atoms with van der Waals surface area (Å²) >= 11 is 0. The van der Waals surface area contributed by atoms with Crippen LogP contribution in [-0.4, -0.2) is 12.5 Å². The zero-order chi connectivity index (χ0) is 11.1. The Bertz CT molecular complexity index is 453. The molecule has 1 heterocycles. The summed E-state index contributed by atoms with van der Waals surface area (Å²) in [5.41, 5.74) is 9.37. The van der Waals surface area contributed by atoms with Gasteiger partial charge in [-0.3, -0.25) is 4.79 Å². The summed E-state index contributed by atoms with van der Waals surface area (Å²) in [6.45, 7) is 0.773. The van der Waals surface area contributed by atoms with Crippen LogP contribution in [0.15, 0.2) is 12.1 Å². The van der Waals surface area contributed by atoms with Crippen molar-refractivity contribution in [3.05, 3.63) is 28.8 Å². The Balaban J connectivity index is 2.03. The molecular formula is C13H15NO2. The number of primary amides is 1. The van der Waals surface area contributed by atoms with Gasteiger partial charge >= 0.3 is 0 Å². The van der Waals surface area contributed by atoms with E-state index >= 15 is 0 Å². The second kappa shape index (κ2) is 3.51. The lowest BCUT2D eigenvalue weighted by Crippen LogP contribution is -2.14. The molecule has 0 saturated carbocycles. The minimum atomic E-state index is -0.200. The number of nitrogens with two attached hydrogens (primary N) is 1. The molecule has 0 saturated heterocycles. The Morgan fingerprint density at radius 3 is 3.12 bits per heavy atom. The maximum Gasteiger partial charge on any atom is 0.218 e. The highest BCUT2D eigenvalue weighted by Gasteiger charge is 2.30. The molecule has 1 aliphatic carbocycles. The maximum absolute atomic E-state index is 11.1. The summed E-state index contributed by atoms with van der Waals surface area (Å²) < 4.78 is 5.56. The molecule has 1 aromatic carbocycles. The molecule has 16 heavy (non-hydrogen) atoms. The molecule has 3 rings (SSSR count). The second-order valence-electron chi connectivity index (χ2n) is 4.62. The second-order valence-corrected chi connectivity index (χ2v) is 4.62. The molecule has 3 nitrogen and oxygen atoms in total. The Kier molecular flexibility index (Phi) is 2.13. The van der Waals surface area contributed by atoms with Gasteiger partial charge in [0.25, 0.3) is 0 Å². The first-order valence-corrected chi connectivity index (χ1v) is 5.81. The molecule has 84 valence electrons. The van der Waals surface area contributed by atoms with Crippen LogP contribution in [0.4, 0.5) is 0 Å². The van der Waals surface area contributed by atoms with E-state index in [2.05, 4.69) is 12.1 Å². The quantitative estimate of drug-likeness (QED) is 0.816. The van der Waals surface area contributed by atoms with Crippen LogP contribution < -0.4 is 10.5 Å². The molecule has 2 aliphatic rings. The Morgan fingerprint density at radius 1 is 1.44 bits per heavy atom. The fourth-order valence-electron chi connectivity index (χ4n) is 3.00. The number of carbonyl (C=O) groups excluding carboxylic acids is 1. The lowest BCUT2D eigenvalue weighted by molar-refractivity contribution is -0.118. The average Bonchev–Trinajstić information content (AvgIpc) is 2.82. The highest BCUT2D eigenvalue weighted by Crippen LogP contribution is 2.42. The molecule has 0 radical (unpaired) electrons. The third kappa shape index (κ3) is 1.39. The number of ether oxygens (including phenoxy) is 1. The van der Waals surface area contributed by atoms with Crippen molar-refractivity contribution in [2.75, 3.05) is 6.61 Å². The molecule has 3 heteroatoms. The third-order valence-corrected chi connectivity index (χ3v) is 3.63. The first-order valence-electron chi connectivity index (χ1n) is 5.81. The van der Waals surface area contributed by atoms with Gasteiger partial charge in [-0.25, -0.2) is 0 Å². The number of hydrogen-bond acceptors (Lipinski definition) is 2. The number of amides is 1. The van der Waals surface area contributed by atoms with Crippen LogP contribution in [0.1, 0.15) is 35.4 Å². The molecule has 1 amide bonds. The molecule has 0 aromatic heterocycles. The van der Waals surface area contributed by atoms with Gasteiger partial charge in [0, 0.05) is 18.4 Å². The smallest absolute Gasteiger partial charge is 0.218 e. The molecule has 1 aromatic rings. The van der Waals surface area contributed by atoms with Crippen molar-refractivity contribution in [3.8, 4) is 5.75 Å². The van der Waals surface area contributed by atoms with Gasteiger partial charge in [0.1, 0.15) is 5.75 Å². The Labute approximate surface area is 94.6 Å². The zero-order valence-electron chi connectivity index (χ0n) is 9.16. The normalized spacial score (nSPS) is 21.4. The number of hydrogen-bond donors (Lipinski definition) is 1. The zero-order valence-corrected chi connectivity index (χ0v) is 9.16. The van der Waals surface area contributed by atoms with Gasteiger partial charge in [-0.2, -0.15) is 0 Å². The van der Waals surface area contributed by atoms with Crippen molar-refractivity contribution >= 4 is 5.91 Å². The van der Waals surface area contributed by atoms with Gasteiger partial charge in [-0.15, -0.1) is 0 Å².